The number of furan rings is 1. The van der Waals surface area contributed by atoms with Gasteiger partial charge in [0.25, 0.3) is 5.56 Å². The lowest BCUT2D eigenvalue weighted by atomic mass is 9.87. The van der Waals surface area contributed by atoms with Gasteiger partial charge in [-0.05, 0) is 43.3 Å². The number of carbonyl (C=O) groups is 2. The van der Waals surface area contributed by atoms with Gasteiger partial charge in [0.05, 0.1) is 17.6 Å². The van der Waals surface area contributed by atoms with Crippen molar-refractivity contribution in [1.82, 2.24) is 4.98 Å². The number of hydrogen-bond donors (Lipinski definition) is 2. The molecule has 0 spiro atoms. The van der Waals surface area contributed by atoms with Gasteiger partial charge in [-0.1, -0.05) is 6.07 Å². The second-order valence-electron chi connectivity index (χ2n) is 8.16. The van der Waals surface area contributed by atoms with E-state index in [1.165, 1.54) is 54.6 Å². The van der Waals surface area contributed by atoms with Crippen LogP contribution < -0.4 is 10.5 Å². The summed E-state index contributed by atoms with van der Waals surface area (Å²) in [6.07, 6.45) is 2.71. The minimum absolute atomic E-state index is 0.0625. The van der Waals surface area contributed by atoms with Gasteiger partial charge in [0, 0.05) is 40.7 Å². The maximum absolute atomic E-state index is 15.0. The fourth-order valence-corrected chi connectivity index (χ4v) is 4.69. The molecular formula is C25H18F2N2O5. The van der Waals surface area contributed by atoms with Crippen molar-refractivity contribution in [2.45, 2.75) is 25.4 Å². The Labute approximate surface area is 191 Å². The smallest absolute Gasteiger partial charge is 0.327 e. The standard InChI is InChI=1S/C25H18F2N2O5/c1-12(30)13-4-5-17(26)14(9-13)11-29-19-10-18(27)15-6-8-34-23(15)21(19)20(22(29)25(32)33)16-3-2-7-28-24(16)31/h2-10,20,22H,11H2,1H3,(H,28,31)(H,32,33). The highest BCUT2D eigenvalue weighted by atomic mass is 19.1. The SMILES string of the molecule is CC(=O)c1ccc(F)c(CN2c3cc(F)c4ccoc4c3C(c3ccc[nH]c3=O)C2C(=O)O)c1. The molecule has 7 nitrogen and oxygen atoms in total. The molecule has 2 N–H and O–H groups in total. The molecule has 0 bridgehead atoms. The molecule has 2 aromatic carbocycles. The van der Waals surface area contributed by atoms with E-state index >= 15 is 0 Å². The van der Waals surface area contributed by atoms with Crippen LogP contribution in [0.3, 0.4) is 0 Å². The van der Waals surface area contributed by atoms with E-state index in [2.05, 4.69) is 4.98 Å². The van der Waals surface area contributed by atoms with Gasteiger partial charge in [0.15, 0.2) is 5.78 Å². The Bertz CT molecular complexity index is 1520. The van der Waals surface area contributed by atoms with Crippen LogP contribution in [0.5, 0.6) is 0 Å². The molecule has 0 radical (unpaired) electrons. The molecule has 2 atom stereocenters. The summed E-state index contributed by atoms with van der Waals surface area (Å²) in [4.78, 5) is 41.0. The lowest BCUT2D eigenvalue weighted by Crippen LogP contribution is -2.42. The molecule has 0 saturated heterocycles. The molecule has 2 aromatic heterocycles. The number of rotatable bonds is 5. The van der Waals surface area contributed by atoms with E-state index in [1.807, 2.05) is 0 Å². The number of carbonyl (C=O) groups excluding carboxylic acids is 1. The van der Waals surface area contributed by atoms with Crippen molar-refractivity contribution >= 4 is 28.4 Å². The van der Waals surface area contributed by atoms with Gasteiger partial charge in [0.1, 0.15) is 23.3 Å². The first-order chi connectivity index (χ1) is 16.3. The topological polar surface area (TPSA) is 104 Å². The normalized spacial score (nSPS) is 17.2. The predicted octanol–water partition coefficient (Wildman–Crippen LogP) is 4.21. The molecule has 5 rings (SSSR count). The number of halogens is 2. The number of carboxylic acids is 1. The summed E-state index contributed by atoms with van der Waals surface area (Å²) >= 11 is 0. The van der Waals surface area contributed by atoms with Gasteiger partial charge in [0.2, 0.25) is 0 Å². The number of benzene rings is 2. The van der Waals surface area contributed by atoms with Crippen LogP contribution in [0.15, 0.2) is 64.1 Å². The summed E-state index contributed by atoms with van der Waals surface area (Å²) in [6, 6.07) is 8.12. The number of ketones is 1. The summed E-state index contributed by atoms with van der Waals surface area (Å²) < 4.78 is 35.2. The number of anilines is 1. The first kappa shape index (κ1) is 21.6. The number of pyridine rings is 1. The summed E-state index contributed by atoms with van der Waals surface area (Å²) in [5.41, 5.74) is 0.594. The van der Waals surface area contributed by atoms with Crippen LogP contribution in [0.4, 0.5) is 14.5 Å². The molecule has 0 amide bonds. The zero-order valence-electron chi connectivity index (χ0n) is 17.8. The van der Waals surface area contributed by atoms with Crippen molar-refractivity contribution in [2.24, 2.45) is 0 Å². The second-order valence-corrected chi connectivity index (χ2v) is 8.16. The fourth-order valence-electron chi connectivity index (χ4n) is 4.69. The Morgan fingerprint density at radius 1 is 1.15 bits per heavy atom. The number of hydrogen-bond acceptors (Lipinski definition) is 5. The van der Waals surface area contributed by atoms with Gasteiger partial charge in [-0.3, -0.25) is 9.59 Å². The van der Waals surface area contributed by atoms with Crippen LogP contribution in [0.25, 0.3) is 11.0 Å². The molecule has 3 heterocycles. The monoisotopic (exact) mass is 464 g/mol. The zero-order valence-corrected chi connectivity index (χ0v) is 17.8. The van der Waals surface area contributed by atoms with Crippen LogP contribution in [0.1, 0.15) is 39.9 Å². The van der Waals surface area contributed by atoms with Crippen molar-refractivity contribution in [3.8, 4) is 0 Å². The van der Waals surface area contributed by atoms with Crippen LogP contribution in [-0.2, 0) is 11.3 Å². The molecule has 9 heteroatoms. The number of aromatic nitrogens is 1. The second kappa shape index (κ2) is 7.95. The largest absolute Gasteiger partial charge is 0.480 e. The van der Waals surface area contributed by atoms with E-state index in [9.17, 15) is 28.3 Å². The average Bonchev–Trinajstić information content (AvgIpc) is 3.39. The third-order valence-corrected chi connectivity index (χ3v) is 6.21. The number of H-pyrrole nitrogens is 1. The Morgan fingerprint density at radius 3 is 2.65 bits per heavy atom. The average molecular weight is 464 g/mol. The first-order valence-electron chi connectivity index (χ1n) is 10.4. The summed E-state index contributed by atoms with van der Waals surface area (Å²) in [7, 11) is 0. The number of nitrogens with one attached hydrogen (secondary N) is 1. The van der Waals surface area contributed by atoms with Crippen LogP contribution in [0.2, 0.25) is 0 Å². The Balaban J connectivity index is 1.77. The number of Topliss-reactive ketones (excluding diaryl/α,β-unsaturated/α-hetero) is 1. The van der Waals surface area contributed by atoms with E-state index < -0.39 is 35.1 Å². The lowest BCUT2D eigenvalue weighted by Gasteiger charge is -2.27. The lowest BCUT2D eigenvalue weighted by molar-refractivity contribution is -0.138. The van der Waals surface area contributed by atoms with Crippen molar-refractivity contribution in [2.75, 3.05) is 4.90 Å². The molecule has 4 aromatic rings. The van der Waals surface area contributed by atoms with Crippen molar-refractivity contribution in [3.63, 3.8) is 0 Å². The quantitative estimate of drug-likeness (QED) is 0.429. The molecule has 2 unspecified atom stereocenters. The van der Waals surface area contributed by atoms with E-state index in [0.29, 0.717) is 5.56 Å². The first-order valence-corrected chi connectivity index (χ1v) is 10.4. The number of fused-ring (bicyclic) bond motifs is 3. The molecule has 1 aliphatic rings. The van der Waals surface area contributed by atoms with E-state index in [0.717, 1.165) is 6.07 Å². The number of carboxylic acid groups (broad SMARTS) is 1. The fraction of sp³-hybridized carbons (Fsp3) is 0.160. The molecule has 34 heavy (non-hydrogen) atoms. The van der Waals surface area contributed by atoms with E-state index in [-0.39, 0.29) is 45.7 Å². The van der Waals surface area contributed by atoms with Gasteiger partial charge >= 0.3 is 5.97 Å². The number of aromatic amines is 1. The number of nitrogens with zero attached hydrogens (tertiary/aromatic N) is 1. The van der Waals surface area contributed by atoms with Gasteiger partial charge in [-0.25, -0.2) is 13.6 Å². The molecule has 1 aliphatic heterocycles. The van der Waals surface area contributed by atoms with Gasteiger partial charge in [-0.15, -0.1) is 0 Å². The minimum Gasteiger partial charge on any atom is -0.480 e. The minimum atomic E-state index is -1.37. The molecule has 0 fully saturated rings. The van der Waals surface area contributed by atoms with Crippen molar-refractivity contribution < 1.29 is 27.9 Å². The maximum Gasteiger partial charge on any atom is 0.327 e. The van der Waals surface area contributed by atoms with E-state index in [4.69, 9.17) is 4.42 Å². The highest BCUT2D eigenvalue weighted by Crippen LogP contribution is 2.49. The summed E-state index contributed by atoms with van der Waals surface area (Å²) in [5, 5.41) is 10.4. The molecule has 0 saturated carbocycles. The maximum atomic E-state index is 15.0. The van der Waals surface area contributed by atoms with Crippen molar-refractivity contribution in [3.05, 3.63) is 99.2 Å². The molecule has 0 aliphatic carbocycles. The predicted molar refractivity (Wildman–Crippen MR) is 119 cm³/mol. The zero-order chi connectivity index (χ0) is 24.1. The van der Waals surface area contributed by atoms with Crippen LogP contribution >= 0.6 is 0 Å². The van der Waals surface area contributed by atoms with Gasteiger partial charge < -0.3 is 19.4 Å². The summed E-state index contributed by atoms with van der Waals surface area (Å²) in [5.74, 6) is -3.87. The van der Waals surface area contributed by atoms with E-state index in [1.54, 1.807) is 6.07 Å². The number of aliphatic carboxylic acids is 1. The summed E-state index contributed by atoms with van der Waals surface area (Å²) in [6.45, 7) is 1.06. The highest BCUT2D eigenvalue weighted by molar-refractivity contribution is 5.95. The Morgan fingerprint density at radius 2 is 1.94 bits per heavy atom. The van der Waals surface area contributed by atoms with Gasteiger partial charge in [-0.2, -0.15) is 0 Å². The Hall–Kier alpha value is -4.27. The van der Waals surface area contributed by atoms with Crippen LogP contribution in [-0.4, -0.2) is 27.9 Å². The highest BCUT2D eigenvalue weighted by Gasteiger charge is 2.47. The third-order valence-electron chi connectivity index (χ3n) is 6.21. The molecular weight excluding hydrogens is 446 g/mol. The molecule has 172 valence electrons. The third kappa shape index (κ3) is 3.28. The van der Waals surface area contributed by atoms with Crippen LogP contribution in [0, 0.1) is 11.6 Å². The Kier molecular flexibility index (Phi) is 5.04. The van der Waals surface area contributed by atoms with Crippen molar-refractivity contribution in [1.29, 1.82) is 0 Å².